The summed E-state index contributed by atoms with van der Waals surface area (Å²) in [7, 11) is 0. The van der Waals surface area contributed by atoms with Crippen LogP contribution in [0.3, 0.4) is 0 Å². The van der Waals surface area contributed by atoms with E-state index in [0.29, 0.717) is 0 Å². The van der Waals surface area contributed by atoms with E-state index in [1.54, 1.807) is 12.2 Å². The fraction of sp³-hybridized carbons (Fsp3) is 0.250. The standard InChI is InChI=1S/C12H11ClN2O4/c13-10-7-8(15(18)19)6-9(11(10)17)12(3-5-16)2-1-4-14-12/h1-2,4,6-7,16-17H,3,5H2. The second-order valence-electron chi connectivity index (χ2n) is 4.12. The predicted octanol–water partition coefficient (Wildman–Crippen LogP) is 2.17. The van der Waals surface area contributed by atoms with Gasteiger partial charge >= 0.3 is 0 Å². The molecule has 1 aromatic rings. The number of aliphatic hydroxyl groups excluding tert-OH is 1. The molecule has 0 radical (unpaired) electrons. The second-order valence-corrected chi connectivity index (χ2v) is 4.52. The lowest BCUT2D eigenvalue weighted by Crippen LogP contribution is -2.21. The van der Waals surface area contributed by atoms with E-state index in [-0.39, 0.29) is 35.1 Å². The summed E-state index contributed by atoms with van der Waals surface area (Å²) >= 11 is 5.81. The molecule has 0 amide bonds. The van der Waals surface area contributed by atoms with Gasteiger partial charge in [-0.15, -0.1) is 0 Å². The predicted molar refractivity (Wildman–Crippen MR) is 70.8 cm³/mol. The fourth-order valence-electron chi connectivity index (χ4n) is 2.05. The number of nitro groups is 1. The van der Waals surface area contributed by atoms with Crippen molar-refractivity contribution in [1.82, 2.24) is 0 Å². The first-order chi connectivity index (χ1) is 9.00. The molecule has 0 fully saturated rings. The topological polar surface area (TPSA) is 96.0 Å². The number of benzene rings is 1. The van der Waals surface area contributed by atoms with Crippen molar-refractivity contribution in [2.75, 3.05) is 6.61 Å². The smallest absolute Gasteiger partial charge is 0.271 e. The van der Waals surface area contributed by atoms with Crippen LogP contribution >= 0.6 is 11.6 Å². The Balaban J connectivity index is 2.63. The van der Waals surface area contributed by atoms with Crippen molar-refractivity contribution in [3.05, 3.63) is 45.0 Å². The van der Waals surface area contributed by atoms with Gasteiger partial charge in [0.2, 0.25) is 0 Å². The van der Waals surface area contributed by atoms with Crippen LogP contribution in [0, 0.1) is 10.1 Å². The Morgan fingerprint density at radius 2 is 2.21 bits per heavy atom. The molecule has 7 heteroatoms. The first-order valence-electron chi connectivity index (χ1n) is 5.51. The molecule has 0 saturated carbocycles. The molecule has 0 spiro atoms. The molecule has 1 heterocycles. The molecule has 1 aromatic carbocycles. The molecule has 1 atom stereocenters. The number of nitro benzene ring substituents is 1. The monoisotopic (exact) mass is 282 g/mol. The van der Waals surface area contributed by atoms with E-state index < -0.39 is 10.5 Å². The lowest BCUT2D eigenvalue weighted by atomic mass is 9.87. The summed E-state index contributed by atoms with van der Waals surface area (Å²) in [4.78, 5) is 14.5. The lowest BCUT2D eigenvalue weighted by Gasteiger charge is -2.25. The van der Waals surface area contributed by atoms with E-state index >= 15 is 0 Å². The van der Waals surface area contributed by atoms with Crippen LogP contribution in [-0.2, 0) is 5.54 Å². The molecule has 2 N–H and O–H groups in total. The molecule has 19 heavy (non-hydrogen) atoms. The molecule has 0 aromatic heterocycles. The number of phenols is 1. The van der Waals surface area contributed by atoms with E-state index in [9.17, 15) is 15.2 Å². The normalized spacial score (nSPS) is 20.9. The Kier molecular flexibility index (Phi) is 3.55. The molecular weight excluding hydrogens is 272 g/mol. The van der Waals surface area contributed by atoms with E-state index in [4.69, 9.17) is 16.7 Å². The third kappa shape index (κ3) is 2.32. The average Bonchev–Trinajstić information content (AvgIpc) is 2.82. The number of aromatic hydroxyl groups is 1. The van der Waals surface area contributed by atoms with Crippen LogP contribution < -0.4 is 0 Å². The summed E-state index contributed by atoms with van der Waals surface area (Å²) in [5.41, 5.74) is -1.02. The first-order valence-corrected chi connectivity index (χ1v) is 5.89. The van der Waals surface area contributed by atoms with Gasteiger partial charge in [-0.05, 0) is 6.08 Å². The maximum atomic E-state index is 10.9. The summed E-state index contributed by atoms with van der Waals surface area (Å²) < 4.78 is 0. The molecular formula is C12H11ClN2O4. The Morgan fingerprint density at radius 3 is 2.74 bits per heavy atom. The zero-order chi connectivity index (χ0) is 14.0. The zero-order valence-corrected chi connectivity index (χ0v) is 10.5. The molecule has 0 bridgehead atoms. The highest BCUT2D eigenvalue weighted by atomic mass is 35.5. The van der Waals surface area contributed by atoms with Crippen molar-refractivity contribution in [2.45, 2.75) is 12.0 Å². The first kappa shape index (κ1) is 13.5. The number of aliphatic hydroxyl groups is 1. The number of hydrogen-bond donors (Lipinski definition) is 2. The highest BCUT2D eigenvalue weighted by molar-refractivity contribution is 6.32. The van der Waals surface area contributed by atoms with Gasteiger partial charge in [0.05, 0.1) is 9.95 Å². The van der Waals surface area contributed by atoms with Crippen molar-refractivity contribution in [2.24, 2.45) is 4.99 Å². The Morgan fingerprint density at radius 1 is 1.47 bits per heavy atom. The summed E-state index contributed by atoms with van der Waals surface area (Å²) in [6.07, 6.45) is 5.03. The van der Waals surface area contributed by atoms with Crippen LogP contribution in [0.1, 0.15) is 12.0 Å². The van der Waals surface area contributed by atoms with Crippen molar-refractivity contribution in [3.63, 3.8) is 0 Å². The molecule has 100 valence electrons. The van der Waals surface area contributed by atoms with Crippen LogP contribution in [0.4, 0.5) is 5.69 Å². The third-order valence-electron chi connectivity index (χ3n) is 2.98. The van der Waals surface area contributed by atoms with Gasteiger partial charge in [0, 0.05) is 36.9 Å². The molecule has 1 aliphatic rings. The van der Waals surface area contributed by atoms with Crippen LogP contribution in [0.25, 0.3) is 0 Å². The number of phenolic OH excluding ortho intramolecular Hbond substituents is 1. The number of nitrogens with zero attached hydrogens (tertiary/aromatic N) is 2. The molecule has 2 rings (SSSR count). The Labute approximate surface area is 113 Å². The van der Waals surface area contributed by atoms with Gasteiger partial charge < -0.3 is 10.2 Å². The maximum Gasteiger partial charge on any atom is 0.271 e. The molecule has 0 aliphatic carbocycles. The van der Waals surface area contributed by atoms with Crippen molar-refractivity contribution in [3.8, 4) is 5.75 Å². The average molecular weight is 283 g/mol. The van der Waals surface area contributed by atoms with Gasteiger partial charge in [0.25, 0.3) is 5.69 Å². The number of halogens is 1. The quantitative estimate of drug-likeness (QED) is 0.653. The van der Waals surface area contributed by atoms with Gasteiger partial charge in [-0.2, -0.15) is 0 Å². The molecule has 0 saturated heterocycles. The summed E-state index contributed by atoms with van der Waals surface area (Å²) in [6.45, 7) is -0.179. The van der Waals surface area contributed by atoms with Crippen LogP contribution in [0.5, 0.6) is 5.75 Å². The van der Waals surface area contributed by atoms with Gasteiger partial charge in [-0.3, -0.25) is 15.1 Å². The third-order valence-corrected chi connectivity index (χ3v) is 3.27. The SMILES string of the molecule is O=[N+]([O-])c1cc(Cl)c(O)c(C2(CCO)C=CC=N2)c1. The van der Waals surface area contributed by atoms with E-state index in [1.807, 2.05) is 0 Å². The number of non-ortho nitro benzene ring substituents is 1. The number of hydrogen-bond acceptors (Lipinski definition) is 5. The summed E-state index contributed by atoms with van der Waals surface area (Å²) in [5, 5.41) is 29.9. The molecule has 1 aliphatic heterocycles. The van der Waals surface area contributed by atoms with Gasteiger partial charge in [-0.25, -0.2) is 0 Å². The van der Waals surface area contributed by atoms with E-state index in [2.05, 4.69) is 4.99 Å². The largest absolute Gasteiger partial charge is 0.506 e. The van der Waals surface area contributed by atoms with Crippen LogP contribution in [0.2, 0.25) is 5.02 Å². The number of allylic oxidation sites excluding steroid dienone is 1. The van der Waals surface area contributed by atoms with E-state index in [1.165, 1.54) is 12.3 Å². The number of aliphatic imine (C=N–C) groups is 1. The second kappa shape index (κ2) is 4.99. The van der Waals surface area contributed by atoms with E-state index in [0.717, 1.165) is 6.07 Å². The van der Waals surface area contributed by atoms with Gasteiger partial charge in [0.1, 0.15) is 11.3 Å². The van der Waals surface area contributed by atoms with Crippen LogP contribution in [0.15, 0.2) is 29.3 Å². The fourth-order valence-corrected chi connectivity index (χ4v) is 2.27. The maximum absolute atomic E-state index is 10.9. The van der Waals surface area contributed by atoms with Crippen LogP contribution in [-0.4, -0.2) is 28.0 Å². The van der Waals surface area contributed by atoms with Crippen molar-refractivity contribution in [1.29, 1.82) is 0 Å². The summed E-state index contributed by atoms with van der Waals surface area (Å²) in [6, 6.07) is 2.30. The highest BCUT2D eigenvalue weighted by Crippen LogP contribution is 2.43. The van der Waals surface area contributed by atoms with Gasteiger partial charge in [-0.1, -0.05) is 17.7 Å². The highest BCUT2D eigenvalue weighted by Gasteiger charge is 2.34. The minimum Gasteiger partial charge on any atom is -0.506 e. The summed E-state index contributed by atoms with van der Waals surface area (Å²) in [5.74, 6) is -0.260. The Hall–Kier alpha value is -1.92. The zero-order valence-electron chi connectivity index (χ0n) is 9.78. The minimum atomic E-state index is -1.01. The minimum absolute atomic E-state index is 0.114. The van der Waals surface area contributed by atoms with Crippen molar-refractivity contribution >= 4 is 23.5 Å². The lowest BCUT2D eigenvalue weighted by molar-refractivity contribution is -0.385. The van der Waals surface area contributed by atoms with Crippen molar-refractivity contribution < 1.29 is 15.1 Å². The number of rotatable bonds is 4. The van der Waals surface area contributed by atoms with Gasteiger partial charge in [0.15, 0.2) is 0 Å². The molecule has 6 nitrogen and oxygen atoms in total. The Bertz CT molecular complexity index is 571. The molecule has 1 unspecified atom stereocenters.